The number of aromatic nitrogens is 4. The second-order valence-electron chi connectivity index (χ2n) is 6.24. The van der Waals surface area contributed by atoms with Crippen LogP contribution >= 0.6 is 23.2 Å². The first-order valence-electron chi connectivity index (χ1n) is 8.70. The van der Waals surface area contributed by atoms with Crippen LogP contribution < -0.4 is 4.74 Å². The number of ether oxygens (including phenoxy) is 1. The Kier molecular flexibility index (Phi) is 5.38. The van der Waals surface area contributed by atoms with Crippen LogP contribution in [-0.2, 0) is 0 Å². The molecular formula is C21H16Cl2N4O2. The number of methoxy groups -OCH3 is 1. The van der Waals surface area contributed by atoms with Crippen molar-refractivity contribution in [1.82, 2.24) is 19.7 Å². The van der Waals surface area contributed by atoms with Crippen LogP contribution in [0.25, 0.3) is 29.2 Å². The van der Waals surface area contributed by atoms with E-state index in [1.165, 1.54) is 0 Å². The Morgan fingerprint density at radius 3 is 2.76 bits per heavy atom. The normalized spacial score (nSPS) is 11.3. The van der Waals surface area contributed by atoms with E-state index in [-0.39, 0.29) is 0 Å². The molecule has 0 amide bonds. The van der Waals surface area contributed by atoms with Crippen LogP contribution in [0.2, 0.25) is 10.0 Å². The number of nitrogens with zero attached hydrogens (tertiary/aromatic N) is 4. The molecule has 0 fully saturated rings. The summed E-state index contributed by atoms with van der Waals surface area (Å²) in [5, 5.41) is 4.80. The zero-order chi connectivity index (χ0) is 20.4. The molecule has 2 aromatic heterocycles. The number of imidazole rings is 1. The molecule has 0 saturated heterocycles. The van der Waals surface area contributed by atoms with Gasteiger partial charge >= 0.3 is 0 Å². The van der Waals surface area contributed by atoms with E-state index in [0.717, 1.165) is 22.7 Å². The lowest BCUT2D eigenvalue weighted by molar-refractivity contribution is 0.411. The van der Waals surface area contributed by atoms with Gasteiger partial charge in [0, 0.05) is 17.8 Å². The molecule has 8 heteroatoms. The van der Waals surface area contributed by atoms with Crippen LogP contribution in [0.3, 0.4) is 0 Å². The first kappa shape index (κ1) is 19.2. The Labute approximate surface area is 177 Å². The van der Waals surface area contributed by atoms with E-state index in [1.807, 2.05) is 42.0 Å². The fourth-order valence-electron chi connectivity index (χ4n) is 2.82. The molecule has 4 aromatic rings. The molecule has 0 saturated carbocycles. The summed E-state index contributed by atoms with van der Waals surface area (Å²) in [6.07, 6.45) is 7.28. The number of halogens is 2. The van der Waals surface area contributed by atoms with Crippen LogP contribution in [0, 0.1) is 6.92 Å². The van der Waals surface area contributed by atoms with E-state index < -0.39 is 0 Å². The van der Waals surface area contributed by atoms with Gasteiger partial charge in [0.2, 0.25) is 5.82 Å². The minimum absolute atomic E-state index is 0.351. The van der Waals surface area contributed by atoms with Gasteiger partial charge in [-0.05, 0) is 42.8 Å². The second kappa shape index (κ2) is 8.11. The molecule has 0 spiro atoms. The van der Waals surface area contributed by atoms with Crippen molar-refractivity contribution >= 4 is 35.4 Å². The van der Waals surface area contributed by atoms with Gasteiger partial charge in [0.25, 0.3) is 5.89 Å². The van der Waals surface area contributed by atoms with Crippen molar-refractivity contribution in [2.75, 3.05) is 7.11 Å². The first-order valence-corrected chi connectivity index (χ1v) is 9.46. The molecule has 0 unspecified atom stereocenters. The van der Waals surface area contributed by atoms with Crippen molar-refractivity contribution in [3.63, 3.8) is 0 Å². The SMILES string of the molecule is COc1cc(/C=C/c2nc(-c3cccc(Cl)c3Cl)no2)ccc1-n1cnc(C)c1. The number of hydrogen-bond acceptors (Lipinski definition) is 5. The third-order valence-corrected chi connectivity index (χ3v) is 5.07. The summed E-state index contributed by atoms with van der Waals surface area (Å²) in [6.45, 7) is 1.94. The van der Waals surface area contributed by atoms with Gasteiger partial charge in [0.1, 0.15) is 5.75 Å². The molecule has 0 radical (unpaired) electrons. The summed E-state index contributed by atoms with van der Waals surface area (Å²) in [6, 6.07) is 11.1. The molecule has 0 atom stereocenters. The molecule has 146 valence electrons. The van der Waals surface area contributed by atoms with Crippen molar-refractivity contribution < 1.29 is 9.26 Å². The highest BCUT2D eigenvalue weighted by molar-refractivity contribution is 6.43. The summed E-state index contributed by atoms with van der Waals surface area (Å²) >= 11 is 12.3. The van der Waals surface area contributed by atoms with Gasteiger partial charge in [-0.1, -0.05) is 40.5 Å². The van der Waals surface area contributed by atoms with E-state index in [4.69, 9.17) is 32.5 Å². The Morgan fingerprint density at radius 2 is 2.00 bits per heavy atom. The van der Waals surface area contributed by atoms with E-state index in [2.05, 4.69) is 15.1 Å². The number of benzene rings is 2. The Balaban J connectivity index is 1.58. The van der Waals surface area contributed by atoms with Gasteiger partial charge in [-0.15, -0.1) is 0 Å². The molecule has 0 N–H and O–H groups in total. The maximum atomic E-state index is 6.22. The molecule has 0 aliphatic heterocycles. The van der Waals surface area contributed by atoms with Gasteiger partial charge in [0.15, 0.2) is 0 Å². The Morgan fingerprint density at radius 1 is 1.14 bits per heavy atom. The van der Waals surface area contributed by atoms with E-state index >= 15 is 0 Å². The summed E-state index contributed by atoms with van der Waals surface area (Å²) < 4.78 is 12.7. The average molecular weight is 427 g/mol. The van der Waals surface area contributed by atoms with Gasteiger partial charge < -0.3 is 13.8 Å². The summed E-state index contributed by atoms with van der Waals surface area (Å²) in [4.78, 5) is 8.61. The van der Waals surface area contributed by atoms with Crippen LogP contribution in [0.5, 0.6) is 5.75 Å². The third kappa shape index (κ3) is 4.04. The lowest BCUT2D eigenvalue weighted by atomic mass is 10.1. The zero-order valence-electron chi connectivity index (χ0n) is 15.6. The van der Waals surface area contributed by atoms with Gasteiger partial charge in [-0.3, -0.25) is 0 Å². The standard InChI is InChI=1S/C21H16Cl2N4O2/c1-13-11-27(12-24-13)17-8-6-14(10-18(17)28-2)7-9-19-25-21(26-29-19)15-4-3-5-16(22)20(15)23/h3-12H,1-2H3/b9-7+. The van der Waals surface area contributed by atoms with E-state index in [0.29, 0.717) is 27.3 Å². The predicted octanol–water partition coefficient (Wildman–Crippen LogP) is 5.72. The smallest absolute Gasteiger partial charge is 0.250 e. The highest BCUT2D eigenvalue weighted by Gasteiger charge is 2.12. The van der Waals surface area contributed by atoms with Crippen LogP contribution in [0.15, 0.2) is 53.4 Å². The zero-order valence-corrected chi connectivity index (χ0v) is 17.1. The summed E-state index contributed by atoms with van der Waals surface area (Å²) in [5.74, 6) is 1.45. The topological polar surface area (TPSA) is 66.0 Å². The maximum absolute atomic E-state index is 6.22. The summed E-state index contributed by atoms with van der Waals surface area (Å²) in [5.41, 5.74) is 3.37. The third-order valence-electron chi connectivity index (χ3n) is 4.25. The van der Waals surface area contributed by atoms with Gasteiger partial charge in [-0.2, -0.15) is 4.98 Å². The predicted molar refractivity (Wildman–Crippen MR) is 114 cm³/mol. The van der Waals surface area contributed by atoms with Crippen molar-refractivity contribution in [3.8, 4) is 22.8 Å². The molecule has 0 aliphatic carbocycles. The monoisotopic (exact) mass is 426 g/mol. The number of hydrogen-bond donors (Lipinski definition) is 0. The molecule has 2 aromatic carbocycles. The van der Waals surface area contributed by atoms with Gasteiger partial charge in [-0.25, -0.2) is 4.98 Å². The molecule has 4 rings (SSSR count). The van der Waals surface area contributed by atoms with Crippen molar-refractivity contribution in [3.05, 3.63) is 76.1 Å². The highest BCUT2D eigenvalue weighted by atomic mass is 35.5. The Hall–Kier alpha value is -3.09. The molecule has 2 heterocycles. The van der Waals surface area contributed by atoms with Crippen LogP contribution in [0.1, 0.15) is 17.1 Å². The fourth-order valence-corrected chi connectivity index (χ4v) is 3.21. The highest BCUT2D eigenvalue weighted by Crippen LogP contribution is 2.32. The quantitative estimate of drug-likeness (QED) is 0.408. The van der Waals surface area contributed by atoms with Gasteiger partial charge in [0.05, 0.1) is 34.9 Å². The van der Waals surface area contributed by atoms with Crippen molar-refractivity contribution in [2.45, 2.75) is 6.92 Å². The lowest BCUT2D eigenvalue weighted by Gasteiger charge is -2.09. The minimum atomic E-state index is 0.351. The van der Waals surface area contributed by atoms with Crippen LogP contribution in [-0.4, -0.2) is 26.8 Å². The molecular weight excluding hydrogens is 411 g/mol. The average Bonchev–Trinajstić information content (AvgIpc) is 3.37. The Bertz CT molecular complexity index is 1200. The first-order chi connectivity index (χ1) is 14.0. The van der Waals surface area contributed by atoms with Crippen molar-refractivity contribution in [2.24, 2.45) is 0 Å². The minimum Gasteiger partial charge on any atom is -0.495 e. The lowest BCUT2D eigenvalue weighted by Crippen LogP contribution is -1.95. The fraction of sp³-hybridized carbons (Fsp3) is 0.0952. The summed E-state index contributed by atoms with van der Waals surface area (Å²) in [7, 11) is 1.63. The second-order valence-corrected chi connectivity index (χ2v) is 7.03. The van der Waals surface area contributed by atoms with Crippen molar-refractivity contribution in [1.29, 1.82) is 0 Å². The molecule has 6 nitrogen and oxygen atoms in total. The molecule has 29 heavy (non-hydrogen) atoms. The van der Waals surface area contributed by atoms with E-state index in [1.54, 1.807) is 37.7 Å². The van der Waals surface area contributed by atoms with Crippen LogP contribution in [0.4, 0.5) is 0 Å². The maximum Gasteiger partial charge on any atom is 0.250 e. The number of rotatable bonds is 5. The van der Waals surface area contributed by atoms with E-state index in [9.17, 15) is 0 Å². The largest absolute Gasteiger partial charge is 0.495 e. The number of aryl methyl sites for hydroxylation is 1. The molecule has 0 bridgehead atoms. The molecule has 0 aliphatic rings.